The third kappa shape index (κ3) is 5.68. The molecule has 2 aliphatic rings. The molecule has 1 saturated carbocycles. The molecule has 8 nitrogen and oxygen atoms in total. The average Bonchev–Trinajstić information content (AvgIpc) is 3.22. The molecule has 0 radical (unpaired) electrons. The number of rotatable bonds is 3. The number of hydrogen-bond acceptors (Lipinski definition) is 5. The van der Waals surface area contributed by atoms with Gasteiger partial charge in [0.1, 0.15) is 5.75 Å². The molecule has 0 unspecified atom stereocenters. The predicted molar refractivity (Wildman–Crippen MR) is 98.0 cm³/mol. The zero-order valence-electron chi connectivity index (χ0n) is 15.5. The SMILES string of the molecule is COc1ccccc1C(=O)N1CCN(C2CCCC2)CC1.O=C(O)C(=O)O. The van der Waals surface area contributed by atoms with Crippen LogP contribution >= 0.6 is 0 Å². The first-order valence-corrected chi connectivity index (χ1v) is 9.06. The number of hydrogen-bond donors (Lipinski definition) is 2. The van der Waals surface area contributed by atoms with Crippen LogP contribution in [0.1, 0.15) is 36.0 Å². The molecule has 148 valence electrons. The fourth-order valence-electron chi connectivity index (χ4n) is 3.55. The molecule has 3 rings (SSSR count). The molecule has 0 bridgehead atoms. The topological polar surface area (TPSA) is 107 Å². The summed E-state index contributed by atoms with van der Waals surface area (Å²) >= 11 is 0. The van der Waals surface area contributed by atoms with Crippen molar-refractivity contribution in [2.45, 2.75) is 31.7 Å². The van der Waals surface area contributed by atoms with Crippen molar-refractivity contribution in [1.82, 2.24) is 9.80 Å². The monoisotopic (exact) mass is 378 g/mol. The summed E-state index contributed by atoms with van der Waals surface area (Å²) in [5.41, 5.74) is 0.675. The maximum atomic E-state index is 12.6. The Hall–Kier alpha value is -2.61. The van der Waals surface area contributed by atoms with Crippen LogP contribution in [0.4, 0.5) is 0 Å². The van der Waals surface area contributed by atoms with Gasteiger partial charge in [0.2, 0.25) is 0 Å². The van der Waals surface area contributed by atoms with Gasteiger partial charge in [0.25, 0.3) is 5.91 Å². The Labute approximate surface area is 158 Å². The second-order valence-corrected chi connectivity index (χ2v) is 6.58. The molecule has 2 N–H and O–H groups in total. The number of benzene rings is 1. The molecule has 8 heteroatoms. The molecule has 1 aromatic carbocycles. The van der Waals surface area contributed by atoms with E-state index in [1.54, 1.807) is 7.11 Å². The lowest BCUT2D eigenvalue weighted by molar-refractivity contribution is -0.159. The first-order chi connectivity index (χ1) is 12.9. The maximum Gasteiger partial charge on any atom is 0.414 e. The highest BCUT2D eigenvalue weighted by molar-refractivity contribution is 6.27. The molecular weight excluding hydrogens is 352 g/mol. The summed E-state index contributed by atoms with van der Waals surface area (Å²) in [5.74, 6) is -2.88. The van der Waals surface area contributed by atoms with Crippen LogP contribution in [0.15, 0.2) is 24.3 Å². The molecule has 2 fully saturated rings. The fourth-order valence-corrected chi connectivity index (χ4v) is 3.55. The third-order valence-corrected chi connectivity index (χ3v) is 4.96. The van der Waals surface area contributed by atoms with E-state index >= 15 is 0 Å². The van der Waals surface area contributed by atoms with Gasteiger partial charge in [-0.2, -0.15) is 0 Å². The number of aliphatic carboxylic acids is 2. The molecule has 1 saturated heterocycles. The largest absolute Gasteiger partial charge is 0.496 e. The summed E-state index contributed by atoms with van der Waals surface area (Å²) in [5, 5.41) is 14.8. The Balaban J connectivity index is 0.000000380. The summed E-state index contributed by atoms with van der Waals surface area (Å²) < 4.78 is 5.30. The second-order valence-electron chi connectivity index (χ2n) is 6.58. The average molecular weight is 378 g/mol. The minimum Gasteiger partial charge on any atom is -0.496 e. The number of piperazine rings is 1. The van der Waals surface area contributed by atoms with Crippen molar-refractivity contribution < 1.29 is 29.3 Å². The minimum atomic E-state index is -1.82. The number of methoxy groups -OCH3 is 1. The summed E-state index contributed by atoms with van der Waals surface area (Å²) in [4.78, 5) is 35.4. The molecule has 27 heavy (non-hydrogen) atoms. The number of nitrogens with zero attached hydrogens (tertiary/aromatic N) is 2. The predicted octanol–water partition coefficient (Wildman–Crippen LogP) is 1.55. The fraction of sp³-hybridized carbons (Fsp3) is 0.526. The Morgan fingerprint density at radius 1 is 0.963 bits per heavy atom. The second kappa shape index (κ2) is 9.91. The van der Waals surface area contributed by atoms with E-state index in [1.807, 2.05) is 29.2 Å². The lowest BCUT2D eigenvalue weighted by atomic mass is 10.1. The smallest absolute Gasteiger partial charge is 0.414 e. The highest BCUT2D eigenvalue weighted by Crippen LogP contribution is 2.25. The van der Waals surface area contributed by atoms with Crippen molar-refractivity contribution in [1.29, 1.82) is 0 Å². The van der Waals surface area contributed by atoms with Gasteiger partial charge in [0.15, 0.2) is 0 Å². The van der Waals surface area contributed by atoms with Crippen LogP contribution in [0, 0.1) is 0 Å². The molecule has 1 aliphatic carbocycles. The summed E-state index contributed by atoms with van der Waals surface area (Å²) in [7, 11) is 1.62. The first-order valence-electron chi connectivity index (χ1n) is 9.06. The van der Waals surface area contributed by atoms with Gasteiger partial charge in [-0.1, -0.05) is 25.0 Å². The Morgan fingerprint density at radius 3 is 2.04 bits per heavy atom. The van der Waals surface area contributed by atoms with Crippen molar-refractivity contribution >= 4 is 17.8 Å². The van der Waals surface area contributed by atoms with Crippen molar-refractivity contribution in [2.75, 3.05) is 33.3 Å². The van der Waals surface area contributed by atoms with Crippen LogP contribution in [-0.2, 0) is 9.59 Å². The normalized spacial score (nSPS) is 17.7. The molecule has 1 aromatic rings. The number of carbonyl (C=O) groups is 3. The van der Waals surface area contributed by atoms with Crippen LogP contribution in [0.3, 0.4) is 0 Å². The van der Waals surface area contributed by atoms with Gasteiger partial charge in [0, 0.05) is 32.2 Å². The number of carbonyl (C=O) groups excluding carboxylic acids is 1. The van der Waals surface area contributed by atoms with Crippen molar-refractivity contribution in [3.63, 3.8) is 0 Å². The maximum absolute atomic E-state index is 12.6. The van der Waals surface area contributed by atoms with Gasteiger partial charge in [-0.05, 0) is 25.0 Å². The van der Waals surface area contributed by atoms with Crippen molar-refractivity contribution in [3.05, 3.63) is 29.8 Å². The molecule has 0 spiro atoms. The third-order valence-electron chi connectivity index (χ3n) is 4.96. The summed E-state index contributed by atoms with van der Waals surface area (Å²) in [6, 6.07) is 8.25. The molecule has 1 aliphatic heterocycles. The molecule has 0 atom stereocenters. The van der Waals surface area contributed by atoms with Gasteiger partial charge in [-0.15, -0.1) is 0 Å². The van der Waals surface area contributed by atoms with E-state index in [1.165, 1.54) is 25.7 Å². The summed E-state index contributed by atoms with van der Waals surface area (Å²) in [6.07, 6.45) is 5.40. The summed E-state index contributed by atoms with van der Waals surface area (Å²) in [6.45, 7) is 3.66. The lowest BCUT2D eigenvalue weighted by Gasteiger charge is -2.38. The van der Waals surface area contributed by atoms with E-state index in [4.69, 9.17) is 24.5 Å². The van der Waals surface area contributed by atoms with Gasteiger partial charge >= 0.3 is 11.9 Å². The number of amides is 1. The highest BCUT2D eigenvalue weighted by atomic mass is 16.5. The Kier molecular flexibility index (Phi) is 7.60. The molecule has 1 amide bonds. The van der Waals surface area contributed by atoms with E-state index in [0.717, 1.165) is 32.2 Å². The van der Waals surface area contributed by atoms with Gasteiger partial charge in [0.05, 0.1) is 12.7 Å². The Morgan fingerprint density at radius 2 is 1.52 bits per heavy atom. The Bertz CT molecular complexity index is 652. The van der Waals surface area contributed by atoms with E-state index in [0.29, 0.717) is 11.3 Å². The van der Waals surface area contributed by atoms with Gasteiger partial charge in [-0.3, -0.25) is 9.69 Å². The van der Waals surface area contributed by atoms with Crippen molar-refractivity contribution in [3.8, 4) is 5.75 Å². The zero-order chi connectivity index (χ0) is 19.8. The zero-order valence-corrected chi connectivity index (χ0v) is 15.5. The van der Waals surface area contributed by atoms with Crippen LogP contribution in [-0.4, -0.2) is 77.2 Å². The lowest BCUT2D eigenvalue weighted by Crippen LogP contribution is -2.51. The van der Waals surface area contributed by atoms with E-state index in [9.17, 15) is 4.79 Å². The molecule has 1 heterocycles. The molecule has 0 aromatic heterocycles. The molecular formula is C19H26N2O6. The van der Waals surface area contributed by atoms with Crippen LogP contribution in [0.2, 0.25) is 0 Å². The van der Waals surface area contributed by atoms with E-state index in [-0.39, 0.29) is 5.91 Å². The number of carboxylic acid groups (broad SMARTS) is 2. The standard InChI is InChI=1S/C17H24N2O2.C2H2O4/c1-21-16-9-5-4-8-15(16)17(20)19-12-10-18(11-13-19)14-6-2-3-7-14;3-1(4)2(5)6/h4-5,8-9,14H,2-3,6-7,10-13H2,1H3;(H,3,4)(H,5,6). The first kappa shape index (κ1) is 20.7. The van der Waals surface area contributed by atoms with E-state index in [2.05, 4.69) is 4.90 Å². The van der Waals surface area contributed by atoms with Crippen LogP contribution in [0.25, 0.3) is 0 Å². The number of carboxylic acids is 2. The number of para-hydroxylation sites is 1. The van der Waals surface area contributed by atoms with E-state index < -0.39 is 11.9 Å². The van der Waals surface area contributed by atoms with Crippen LogP contribution < -0.4 is 4.74 Å². The number of ether oxygens (including phenoxy) is 1. The van der Waals surface area contributed by atoms with Crippen LogP contribution in [0.5, 0.6) is 5.75 Å². The van der Waals surface area contributed by atoms with Gasteiger partial charge in [-0.25, -0.2) is 9.59 Å². The van der Waals surface area contributed by atoms with Gasteiger partial charge < -0.3 is 19.8 Å². The van der Waals surface area contributed by atoms with Crippen molar-refractivity contribution in [2.24, 2.45) is 0 Å². The minimum absolute atomic E-state index is 0.0959. The quantitative estimate of drug-likeness (QED) is 0.769. The highest BCUT2D eigenvalue weighted by Gasteiger charge is 2.28.